The Kier molecular flexibility index (Phi) is 6.58. The molecule has 27 heavy (non-hydrogen) atoms. The number of carbonyl (C=O) groups is 1. The lowest BCUT2D eigenvalue weighted by molar-refractivity contribution is 0.0946. The molecule has 0 saturated carbocycles. The number of hydrogen-bond acceptors (Lipinski definition) is 5. The SMILES string of the molecule is Cc1ccc(CN2CCC[C@@H](n3cc(C(=O)NCCCO)nn3)C2)c(C)c1. The maximum Gasteiger partial charge on any atom is 0.273 e. The number of aliphatic hydroxyl groups is 1. The number of aromatic nitrogens is 3. The number of aryl methyl sites for hydroxylation is 2. The van der Waals surface area contributed by atoms with Crippen molar-refractivity contribution in [2.24, 2.45) is 0 Å². The zero-order valence-corrected chi connectivity index (χ0v) is 16.2. The van der Waals surface area contributed by atoms with E-state index in [0.717, 1.165) is 32.5 Å². The molecule has 7 nitrogen and oxygen atoms in total. The fraction of sp³-hybridized carbons (Fsp3) is 0.550. The lowest BCUT2D eigenvalue weighted by atomic mass is 10.0. The van der Waals surface area contributed by atoms with Crippen molar-refractivity contribution in [3.8, 4) is 0 Å². The average molecular weight is 371 g/mol. The monoisotopic (exact) mass is 371 g/mol. The van der Waals surface area contributed by atoms with Crippen LogP contribution in [-0.2, 0) is 6.54 Å². The molecule has 1 aromatic carbocycles. The van der Waals surface area contributed by atoms with Gasteiger partial charge in [0.05, 0.1) is 12.2 Å². The first-order chi connectivity index (χ1) is 13.1. The normalized spacial score (nSPS) is 17.8. The van der Waals surface area contributed by atoms with E-state index in [0.29, 0.717) is 18.7 Å². The molecule has 2 aromatic rings. The van der Waals surface area contributed by atoms with Crippen molar-refractivity contribution in [1.82, 2.24) is 25.2 Å². The first-order valence-electron chi connectivity index (χ1n) is 9.66. The summed E-state index contributed by atoms with van der Waals surface area (Å²) in [5.74, 6) is -0.238. The number of nitrogens with zero attached hydrogens (tertiary/aromatic N) is 4. The van der Waals surface area contributed by atoms with Gasteiger partial charge in [-0.05, 0) is 50.8 Å². The lowest BCUT2D eigenvalue weighted by Crippen LogP contribution is -2.36. The molecule has 2 N–H and O–H groups in total. The maximum absolute atomic E-state index is 12.1. The Morgan fingerprint density at radius 2 is 2.22 bits per heavy atom. The van der Waals surface area contributed by atoms with Gasteiger partial charge in [0, 0.05) is 26.2 Å². The van der Waals surface area contributed by atoms with Gasteiger partial charge in [-0.2, -0.15) is 0 Å². The van der Waals surface area contributed by atoms with Crippen molar-refractivity contribution in [2.45, 2.75) is 45.7 Å². The minimum absolute atomic E-state index is 0.0608. The topological polar surface area (TPSA) is 83.3 Å². The highest BCUT2D eigenvalue weighted by Gasteiger charge is 2.23. The molecular weight excluding hydrogens is 342 g/mol. The molecule has 1 aliphatic rings. The third-order valence-corrected chi connectivity index (χ3v) is 5.11. The molecule has 2 heterocycles. The Labute approximate surface area is 160 Å². The van der Waals surface area contributed by atoms with E-state index in [1.165, 1.54) is 16.7 Å². The highest BCUT2D eigenvalue weighted by molar-refractivity contribution is 5.91. The van der Waals surface area contributed by atoms with Crippen LogP contribution >= 0.6 is 0 Å². The zero-order chi connectivity index (χ0) is 19.2. The van der Waals surface area contributed by atoms with E-state index < -0.39 is 0 Å². The second-order valence-electron chi connectivity index (χ2n) is 7.38. The first-order valence-corrected chi connectivity index (χ1v) is 9.66. The molecule has 0 bridgehead atoms. The van der Waals surface area contributed by atoms with E-state index in [2.05, 4.69) is 52.6 Å². The van der Waals surface area contributed by atoms with Gasteiger partial charge in [0.15, 0.2) is 5.69 Å². The molecular formula is C20H29N5O2. The minimum atomic E-state index is -0.238. The molecule has 1 fully saturated rings. The van der Waals surface area contributed by atoms with Crippen LogP contribution in [0.2, 0.25) is 0 Å². The Morgan fingerprint density at radius 1 is 1.37 bits per heavy atom. The second kappa shape index (κ2) is 9.10. The van der Waals surface area contributed by atoms with Gasteiger partial charge in [0.2, 0.25) is 0 Å². The van der Waals surface area contributed by atoms with E-state index in [1.54, 1.807) is 6.20 Å². The molecule has 1 atom stereocenters. The van der Waals surface area contributed by atoms with Gasteiger partial charge in [0.25, 0.3) is 5.91 Å². The summed E-state index contributed by atoms with van der Waals surface area (Å²) in [6.07, 6.45) is 4.42. The van der Waals surface area contributed by atoms with E-state index in [9.17, 15) is 4.79 Å². The maximum atomic E-state index is 12.1. The lowest BCUT2D eigenvalue weighted by Gasteiger charge is -2.32. The summed E-state index contributed by atoms with van der Waals surface area (Å²) in [5, 5.41) is 19.8. The predicted molar refractivity (Wildman–Crippen MR) is 104 cm³/mol. The summed E-state index contributed by atoms with van der Waals surface area (Å²) in [5.41, 5.74) is 4.32. The van der Waals surface area contributed by atoms with Crippen molar-refractivity contribution in [1.29, 1.82) is 0 Å². The van der Waals surface area contributed by atoms with Gasteiger partial charge in [-0.1, -0.05) is 29.0 Å². The van der Waals surface area contributed by atoms with Gasteiger partial charge < -0.3 is 10.4 Å². The number of piperidine rings is 1. The number of aliphatic hydroxyl groups excluding tert-OH is 1. The van der Waals surface area contributed by atoms with Crippen LogP contribution in [0.25, 0.3) is 0 Å². The molecule has 1 aromatic heterocycles. The number of carbonyl (C=O) groups excluding carboxylic acids is 1. The molecule has 1 amide bonds. The van der Waals surface area contributed by atoms with Crippen molar-refractivity contribution >= 4 is 5.91 Å². The summed E-state index contributed by atoms with van der Waals surface area (Å²) >= 11 is 0. The quantitative estimate of drug-likeness (QED) is 0.726. The van der Waals surface area contributed by atoms with Crippen LogP contribution < -0.4 is 5.32 Å². The Hall–Kier alpha value is -2.25. The van der Waals surface area contributed by atoms with Crippen molar-refractivity contribution in [3.63, 3.8) is 0 Å². The largest absolute Gasteiger partial charge is 0.396 e. The van der Waals surface area contributed by atoms with E-state index in [-0.39, 0.29) is 18.6 Å². The summed E-state index contributed by atoms with van der Waals surface area (Å²) in [6.45, 7) is 7.71. The number of likely N-dealkylation sites (tertiary alicyclic amines) is 1. The molecule has 0 aliphatic carbocycles. The van der Waals surface area contributed by atoms with Crippen LogP contribution in [0.5, 0.6) is 0 Å². The molecule has 3 rings (SSSR count). The van der Waals surface area contributed by atoms with E-state index >= 15 is 0 Å². The highest BCUT2D eigenvalue weighted by atomic mass is 16.3. The number of hydrogen-bond donors (Lipinski definition) is 2. The molecule has 0 unspecified atom stereocenters. The third kappa shape index (κ3) is 5.14. The van der Waals surface area contributed by atoms with Crippen LogP contribution in [0.3, 0.4) is 0 Å². The van der Waals surface area contributed by atoms with Gasteiger partial charge in [-0.15, -0.1) is 5.10 Å². The van der Waals surface area contributed by atoms with Crippen molar-refractivity contribution in [2.75, 3.05) is 26.2 Å². The first kappa shape index (κ1) is 19.5. The van der Waals surface area contributed by atoms with Crippen LogP contribution in [0, 0.1) is 13.8 Å². The fourth-order valence-electron chi connectivity index (χ4n) is 3.59. The van der Waals surface area contributed by atoms with Crippen LogP contribution in [0.1, 0.15) is 52.5 Å². The molecule has 1 saturated heterocycles. The predicted octanol–water partition coefficient (Wildman–Crippen LogP) is 1.84. The van der Waals surface area contributed by atoms with Crippen molar-refractivity contribution < 1.29 is 9.90 Å². The number of amides is 1. The van der Waals surface area contributed by atoms with Gasteiger partial charge in [-0.25, -0.2) is 4.68 Å². The van der Waals surface area contributed by atoms with E-state index in [4.69, 9.17) is 5.11 Å². The summed E-state index contributed by atoms with van der Waals surface area (Å²) in [6, 6.07) is 6.85. The van der Waals surface area contributed by atoms with Crippen molar-refractivity contribution in [3.05, 3.63) is 46.8 Å². The second-order valence-corrected chi connectivity index (χ2v) is 7.38. The standard InChI is InChI=1S/C20H29N5O2/c1-15-6-7-17(16(2)11-15)12-24-9-3-5-18(13-24)25-14-19(22-23-25)20(27)21-8-4-10-26/h6-7,11,14,18,26H,3-5,8-10,12-13H2,1-2H3,(H,21,27)/t18-/m1/s1. The molecule has 0 spiro atoms. The van der Waals surface area contributed by atoms with Gasteiger partial charge >= 0.3 is 0 Å². The average Bonchev–Trinajstić information content (AvgIpc) is 3.15. The van der Waals surface area contributed by atoms with Gasteiger partial charge in [-0.3, -0.25) is 9.69 Å². The third-order valence-electron chi connectivity index (χ3n) is 5.11. The minimum Gasteiger partial charge on any atom is -0.396 e. The van der Waals surface area contributed by atoms with Crippen LogP contribution in [-0.4, -0.2) is 57.1 Å². The fourth-order valence-corrected chi connectivity index (χ4v) is 3.59. The summed E-state index contributed by atoms with van der Waals surface area (Å²) in [7, 11) is 0. The Bertz CT molecular complexity index is 773. The number of nitrogens with one attached hydrogen (secondary N) is 1. The van der Waals surface area contributed by atoms with Crippen LogP contribution in [0.4, 0.5) is 0 Å². The Balaban J connectivity index is 1.60. The van der Waals surface area contributed by atoms with Crippen LogP contribution in [0.15, 0.2) is 24.4 Å². The zero-order valence-electron chi connectivity index (χ0n) is 16.2. The van der Waals surface area contributed by atoms with E-state index in [1.807, 2.05) is 4.68 Å². The molecule has 7 heteroatoms. The summed E-state index contributed by atoms with van der Waals surface area (Å²) in [4.78, 5) is 14.5. The highest BCUT2D eigenvalue weighted by Crippen LogP contribution is 2.23. The van der Waals surface area contributed by atoms with Gasteiger partial charge in [0.1, 0.15) is 0 Å². The smallest absolute Gasteiger partial charge is 0.273 e. The number of rotatable bonds is 7. The molecule has 0 radical (unpaired) electrons. The number of benzene rings is 1. The molecule has 1 aliphatic heterocycles. The summed E-state index contributed by atoms with van der Waals surface area (Å²) < 4.78 is 1.83. The Morgan fingerprint density at radius 3 is 3.00 bits per heavy atom. The molecule has 146 valence electrons.